The van der Waals surface area contributed by atoms with Gasteiger partial charge in [0.15, 0.2) is 11.4 Å². The summed E-state index contributed by atoms with van der Waals surface area (Å²) in [4.78, 5) is 43.0. The molecule has 1 aliphatic carbocycles. The molecule has 0 radical (unpaired) electrons. The zero-order chi connectivity index (χ0) is 51.8. The number of carbonyl (C=O) groups excluding carboxylic acids is 1. The Morgan fingerprint density at radius 3 is 2.51 bits per heavy atom. The number of nitrogens with one attached hydrogen (secondary N) is 3. The molecule has 75 heavy (non-hydrogen) atoms. The summed E-state index contributed by atoms with van der Waals surface area (Å²) in [6, 6.07) is 20.1. The quantitative estimate of drug-likeness (QED) is 0.0847. The van der Waals surface area contributed by atoms with Crippen molar-refractivity contribution in [2.75, 3.05) is 87.4 Å². The van der Waals surface area contributed by atoms with Gasteiger partial charge in [0.05, 0.1) is 59.0 Å². The lowest BCUT2D eigenvalue weighted by Gasteiger charge is -2.57. The second-order valence-electron chi connectivity index (χ2n) is 21.9. The van der Waals surface area contributed by atoms with Gasteiger partial charge in [0.25, 0.3) is 27.5 Å². The monoisotopic (exact) mass is 1050 g/mol. The molecule has 1 saturated carbocycles. The number of alkyl halides is 2. The molecule has 4 atom stereocenters. The Bertz CT molecular complexity index is 3110. The van der Waals surface area contributed by atoms with Crippen LogP contribution in [0, 0.1) is 15.5 Å². The van der Waals surface area contributed by atoms with Crippen LogP contribution >= 0.6 is 0 Å². The Kier molecular flexibility index (Phi) is 12.9. The van der Waals surface area contributed by atoms with Gasteiger partial charge in [0, 0.05) is 94.2 Å². The number of nitrogens with zero attached hydrogens (tertiary/aromatic N) is 6. The standard InChI is InChI=1S/C54H63F2N9O9S/c1-33(2)39-5-3-4-6-40(39)46-31-72-22-20-63(46)37-27-53(28-37)11-18-62(19-12-53)36-7-8-41(43(24-36)64-42-10-21-71-32-48(42)74-52-45(64)23-34-9-15-57-50(34)59-52)51(66)60-75(69,70)38-25-44(65(67)68)49-47(26-38)73-30-35(58-49)29-61-16-13-54(55,56)14-17-61/h3-9,15,23-26,33,35,37,42,46,48,58H,10-14,16-22,27-32H2,1-2H3,(H,57,59)(H,60,66)/t35-,42+,46+,48+/m1/s1. The third-order valence-corrected chi connectivity index (χ3v) is 18.2. The first-order valence-electron chi connectivity index (χ1n) is 26.3. The van der Waals surface area contributed by atoms with Crippen molar-refractivity contribution in [3.8, 4) is 11.6 Å². The first-order chi connectivity index (χ1) is 36.1. The zero-order valence-electron chi connectivity index (χ0n) is 42.1. The summed E-state index contributed by atoms with van der Waals surface area (Å²) in [6.07, 6.45) is 5.55. The van der Waals surface area contributed by atoms with E-state index in [1.165, 1.54) is 11.1 Å². The number of aromatic nitrogens is 2. The molecule has 6 aliphatic heterocycles. The van der Waals surface area contributed by atoms with Crippen LogP contribution in [0.3, 0.4) is 0 Å². The third kappa shape index (κ3) is 9.52. The van der Waals surface area contributed by atoms with Crippen molar-refractivity contribution < 1.29 is 45.9 Å². The maximum absolute atomic E-state index is 14.8. The number of fused-ring (bicyclic) bond motifs is 4. The minimum absolute atomic E-state index is 0.00214. The Balaban J connectivity index is 0.821. The summed E-state index contributed by atoms with van der Waals surface area (Å²) in [5.41, 5.74) is 4.99. The van der Waals surface area contributed by atoms with Crippen LogP contribution in [0.25, 0.3) is 11.0 Å². The highest BCUT2D eigenvalue weighted by atomic mass is 32.2. The van der Waals surface area contributed by atoms with Crippen LogP contribution in [0.2, 0.25) is 0 Å². The Morgan fingerprint density at radius 1 is 0.933 bits per heavy atom. The number of H-pyrrole nitrogens is 1. The number of anilines is 4. The van der Waals surface area contributed by atoms with E-state index >= 15 is 0 Å². The molecular formula is C54H63F2N9O9S. The van der Waals surface area contributed by atoms with Gasteiger partial charge in [-0.2, -0.15) is 4.98 Å². The second-order valence-corrected chi connectivity index (χ2v) is 23.5. The van der Waals surface area contributed by atoms with Crippen molar-refractivity contribution in [1.29, 1.82) is 0 Å². The molecule has 3 N–H and O–H groups in total. The van der Waals surface area contributed by atoms with Crippen LogP contribution in [0.4, 0.5) is 37.2 Å². The molecule has 5 aromatic rings. The van der Waals surface area contributed by atoms with Gasteiger partial charge in [-0.05, 0) is 84.9 Å². The number of carbonyl (C=O) groups is 1. The van der Waals surface area contributed by atoms with Gasteiger partial charge in [-0.25, -0.2) is 21.9 Å². The fourth-order valence-corrected chi connectivity index (χ4v) is 13.8. The van der Waals surface area contributed by atoms with Crippen LogP contribution in [0.1, 0.15) is 92.2 Å². The lowest BCUT2D eigenvalue weighted by Crippen LogP contribution is -2.58. The number of pyridine rings is 1. The van der Waals surface area contributed by atoms with E-state index in [0.717, 1.165) is 75.1 Å². The van der Waals surface area contributed by atoms with E-state index in [2.05, 4.69) is 62.9 Å². The summed E-state index contributed by atoms with van der Waals surface area (Å²) in [5, 5.41) is 16.5. The van der Waals surface area contributed by atoms with Gasteiger partial charge in [-0.3, -0.25) is 19.8 Å². The van der Waals surface area contributed by atoms with E-state index in [1.54, 1.807) is 12.3 Å². The summed E-state index contributed by atoms with van der Waals surface area (Å²) >= 11 is 0. The molecular weight excluding hydrogens is 989 g/mol. The lowest BCUT2D eigenvalue weighted by molar-refractivity contribution is -0.384. The highest BCUT2D eigenvalue weighted by molar-refractivity contribution is 7.90. The number of piperidine rings is 2. The number of ether oxygens (including phenoxy) is 4. The number of nitro benzene ring substituents is 1. The molecule has 0 bridgehead atoms. The van der Waals surface area contributed by atoms with Gasteiger partial charge in [-0.1, -0.05) is 38.1 Å². The number of aromatic amines is 1. The van der Waals surface area contributed by atoms with E-state index in [1.807, 2.05) is 34.1 Å². The predicted octanol–water partition coefficient (Wildman–Crippen LogP) is 8.13. The zero-order valence-corrected chi connectivity index (χ0v) is 43.0. The van der Waals surface area contributed by atoms with Crippen molar-refractivity contribution in [3.63, 3.8) is 0 Å². The molecule has 12 rings (SSSR count). The Labute approximate surface area is 434 Å². The van der Waals surface area contributed by atoms with Gasteiger partial charge >= 0.3 is 0 Å². The Hall–Kier alpha value is -6.13. The van der Waals surface area contributed by atoms with Crippen molar-refractivity contribution >= 4 is 55.4 Å². The average molecular weight is 1050 g/mol. The SMILES string of the molecule is CC(C)c1ccccc1[C@@H]1COCCN1C1CC2(CCN(c3ccc(C(=O)NS(=O)(=O)c4cc5c(c([N+](=O)[O-])c4)N[C@H](CN4CCC(F)(F)CC4)CO5)c(N4c5cc6cc[nH]c6nc5O[C@H]5COCC[C@@H]54)c3)CC2)C1. The molecule has 21 heteroatoms. The van der Waals surface area contributed by atoms with Crippen LogP contribution in [0.15, 0.2) is 77.8 Å². The summed E-state index contributed by atoms with van der Waals surface area (Å²) in [5.74, 6) is -3.00. The molecule has 7 aliphatic rings. The number of benzene rings is 3. The van der Waals surface area contributed by atoms with E-state index in [0.29, 0.717) is 61.0 Å². The topological polar surface area (TPSA) is 197 Å². The fraction of sp³-hybridized carbons (Fsp3) is 0.519. The molecule has 5 fully saturated rings. The van der Waals surface area contributed by atoms with Crippen LogP contribution in [-0.4, -0.2) is 141 Å². The molecule has 398 valence electrons. The normalized spacial score (nSPS) is 24.8. The van der Waals surface area contributed by atoms with Crippen molar-refractivity contribution in [3.05, 3.63) is 99.7 Å². The van der Waals surface area contributed by atoms with E-state index < -0.39 is 49.5 Å². The first kappa shape index (κ1) is 49.7. The maximum atomic E-state index is 14.8. The largest absolute Gasteiger partial charge is 0.489 e. The molecule has 3 aromatic carbocycles. The molecule has 8 heterocycles. The van der Waals surface area contributed by atoms with Crippen LogP contribution in [-0.2, 0) is 19.5 Å². The van der Waals surface area contributed by atoms with E-state index in [4.69, 9.17) is 23.9 Å². The van der Waals surface area contributed by atoms with Gasteiger partial charge in [-0.15, -0.1) is 0 Å². The number of sulfonamides is 1. The highest BCUT2D eigenvalue weighted by Crippen LogP contribution is 2.54. The minimum atomic E-state index is -4.77. The first-order valence-corrected chi connectivity index (χ1v) is 27.8. The number of morpholine rings is 1. The molecule has 2 aromatic heterocycles. The number of halogens is 2. The number of hydrogen-bond acceptors (Lipinski definition) is 15. The number of likely N-dealkylation sites (tertiary alicyclic amines) is 1. The minimum Gasteiger partial charge on any atom is -0.489 e. The van der Waals surface area contributed by atoms with Gasteiger partial charge in [0.2, 0.25) is 5.88 Å². The Morgan fingerprint density at radius 2 is 1.72 bits per heavy atom. The van der Waals surface area contributed by atoms with Crippen molar-refractivity contribution in [2.45, 2.75) is 106 Å². The smallest absolute Gasteiger partial charge is 0.297 e. The van der Waals surface area contributed by atoms with Crippen molar-refractivity contribution in [1.82, 2.24) is 24.5 Å². The maximum Gasteiger partial charge on any atom is 0.297 e. The molecule has 18 nitrogen and oxygen atoms in total. The van der Waals surface area contributed by atoms with Crippen molar-refractivity contribution in [2.24, 2.45) is 5.41 Å². The van der Waals surface area contributed by atoms with Gasteiger partial charge < -0.3 is 43.9 Å². The van der Waals surface area contributed by atoms with E-state index in [-0.39, 0.29) is 73.6 Å². The molecule has 0 unspecified atom stereocenters. The predicted molar refractivity (Wildman–Crippen MR) is 277 cm³/mol. The molecule has 1 amide bonds. The average Bonchev–Trinajstić information content (AvgIpc) is 3.86. The number of amides is 1. The van der Waals surface area contributed by atoms with Gasteiger partial charge in [0.1, 0.15) is 24.0 Å². The van der Waals surface area contributed by atoms with Crippen LogP contribution < -0.4 is 29.3 Å². The number of nitro groups is 1. The van der Waals surface area contributed by atoms with E-state index in [9.17, 15) is 32.1 Å². The highest BCUT2D eigenvalue weighted by Gasteiger charge is 2.50. The summed E-state index contributed by atoms with van der Waals surface area (Å²) in [7, 11) is -4.77. The molecule has 1 spiro atoms. The fourth-order valence-electron chi connectivity index (χ4n) is 12.8. The number of rotatable bonds is 11. The third-order valence-electron chi connectivity index (χ3n) is 16.9. The molecule has 4 saturated heterocycles. The van der Waals surface area contributed by atoms with Crippen LogP contribution in [0.5, 0.6) is 11.6 Å². The second kappa shape index (κ2) is 19.5. The summed E-state index contributed by atoms with van der Waals surface area (Å²) < 4.78 is 83.1. The summed E-state index contributed by atoms with van der Waals surface area (Å²) in [6.45, 7) is 9.76. The lowest BCUT2D eigenvalue weighted by atomic mass is 9.59. The number of hydrogen-bond donors (Lipinski definition) is 3.